The van der Waals surface area contributed by atoms with Crippen LogP contribution in [0.1, 0.15) is 37.4 Å². The Morgan fingerprint density at radius 3 is 2.54 bits per heavy atom. The summed E-state index contributed by atoms with van der Waals surface area (Å²) in [6, 6.07) is 15.9. The number of halogens is 4. The molecule has 2 aromatic heterocycles. The third kappa shape index (κ3) is 6.40. The Labute approximate surface area is 240 Å². The van der Waals surface area contributed by atoms with Gasteiger partial charge < -0.3 is 14.0 Å². The molecule has 0 radical (unpaired) electrons. The number of aromatic nitrogens is 2. The summed E-state index contributed by atoms with van der Waals surface area (Å²) in [7, 11) is 0. The van der Waals surface area contributed by atoms with Crippen molar-refractivity contribution in [3.63, 3.8) is 0 Å². The first kappa shape index (κ1) is 28.7. The number of carbonyl (C=O) groups excluding carboxylic acids is 2. The molecule has 0 spiro atoms. The molecule has 3 heterocycles. The number of ether oxygens (including phenoxy) is 1. The standard InChI is InChI=1S/C31H29ClF3N3O3/c1-2-41-30(40)23-6-4-16-37(18-23)28(39)15-13-26-29(20-8-11-25(32)12-9-20)36-27-14-10-22(19-38(26)27)21-5-3-7-24(17-21)31(33,34)35/h3,5,7-12,14,17,19,23H,2,4,6,13,15-16,18H2,1H3/t23-/m1/s1. The molecule has 1 aliphatic heterocycles. The Morgan fingerprint density at radius 1 is 1.05 bits per heavy atom. The molecule has 1 amide bonds. The lowest BCUT2D eigenvalue weighted by Gasteiger charge is -2.31. The van der Waals surface area contributed by atoms with Crippen LogP contribution in [0.2, 0.25) is 5.02 Å². The molecule has 214 valence electrons. The topological polar surface area (TPSA) is 63.9 Å². The summed E-state index contributed by atoms with van der Waals surface area (Å²) in [5, 5.41) is 0.572. The third-order valence-corrected chi connectivity index (χ3v) is 7.58. The van der Waals surface area contributed by atoms with Crippen molar-refractivity contribution in [1.29, 1.82) is 0 Å². The molecule has 0 N–H and O–H groups in total. The fraction of sp³-hybridized carbons (Fsp3) is 0.323. The zero-order valence-electron chi connectivity index (χ0n) is 22.5. The summed E-state index contributed by atoms with van der Waals surface area (Å²) in [6.07, 6.45) is -0.768. The van der Waals surface area contributed by atoms with Crippen molar-refractivity contribution in [2.24, 2.45) is 5.92 Å². The van der Waals surface area contributed by atoms with Gasteiger partial charge >= 0.3 is 12.1 Å². The molecule has 0 saturated carbocycles. The van der Waals surface area contributed by atoms with Crippen LogP contribution < -0.4 is 0 Å². The van der Waals surface area contributed by atoms with Gasteiger partial charge in [-0.05, 0) is 73.7 Å². The molecule has 4 aromatic rings. The Morgan fingerprint density at radius 2 is 1.80 bits per heavy atom. The van der Waals surface area contributed by atoms with E-state index in [-0.39, 0.29) is 24.2 Å². The number of benzene rings is 2. The Kier molecular flexibility index (Phi) is 8.35. The summed E-state index contributed by atoms with van der Waals surface area (Å²) in [6.45, 7) is 2.96. The number of alkyl halides is 3. The molecule has 6 nitrogen and oxygen atoms in total. The number of carbonyl (C=O) groups is 2. The molecule has 1 atom stereocenters. The van der Waals surface area contributed by atoms with Crippen molar-refractivity contribution in [1.82, 2.24) is 14.3 Å². The maximum Gasteiger partial charge on any atom is 0.416 e. The molecular weight excluding hydrogens is 555 g/mol. The van der Waals surface area contributed by atoms with E-state index in [4.69, 9.17) is 21.3 Å². The number of esters is 1. The van der Waals surface area contributed by atoms with Crippen molar-refractivity contribution in [2.75, 3.05) is 19.7 Å². The normalized spacial score (nSPS) is 15.7. The van der Waals surface area contributed by atoms with Crippen LogP contribution in [0.5, 0.6) is 0 Å². The molecule has 5 rings (SSSR count). The minimum atomic E-state index is -4.46. The van der Waals surface area contributed by atoms with E-state index in [1.165, 1.54) is 6.07 Å². The highest BCUT2D eigenvalue weighted by Crippen LogP contribution is 2.33. The molecule has 1 saturated heterocycles. The second kappa shape index (κ2) is 11.9. The molecular formula is C31H29ClF3N3O3. The van der Waals surface area contributed by atoms with Gasteiger partial charge in [0, 0.05) is 36.3 Å². The van der Waals surface area contributed by atoms with E-state index in [9.17, 15) is 22.8 Å². The number of aryl methyl sites for hydroxylation is 1. The molecule has 0 aliphatic carbocycles. The summed E-state index contributed by atoms with van der Waals surface area (Å²) < 4.78 is 47.1. The minimum absolute atomic E-state index is 0.0787. The van der Waals surface area contributed by atoms with E-state index in [1.54, 1.807) is 48.4 Å². The number of hydrogen-bond acceptors (Lipinski definition) is 4. The minimum Gasteiger partial charge on any atom is -0.466 e. The van der Waals surface area contributed by atoms with E-state index >= 15 is 0 Å². The summed E-state index contributed by atoms with van der Waals surface area (Å²) in [5.41, 5.74) is 3.11. The molecule has 41 heavy (non-hydrogen) atoms. The number of likely N-dealkylation sites (tertiary alicyclic amines) is 1. The van der Waals surface area contributed by atoms with E-state index in [1.807, 2.05) is 16.5 Å². The zero-order valence-corrected chi connectivity index (χ0v) is 23.2. The maximum absolute atomic E-state index is 13.4. The molecule has 2 aromatic carbocycles. The summed E-state index contributed by atoms with van der Waals surface area (Å²) in [5.74, 6) is -0.688. The van der Waals surface area contributed by atoms with Crippen LogP contribution in [-0.2, 0) is 26.9 Å². The van der Waals surface area contributed by atoms with Gasteiger partial charge in [-0.25, -0.2) is 4.98 Å². The quantitative estimate of drug-likeness (QED) is 0.218. The number of imidazole rings is 1. The number of amides is 1. The highest BCUT2D eigenvalue weighted by molar-refractivity contribution is 6.30. The van der Waals surface area contributed by atoms with Gasteiger partial charge in [0.2, 0.25) is 5.91 Å². The van der Waals surface area contributed by atoms with E-state index in [0.717, 1.165) is 29.8 Å². The lowest BCUT2D eigenvalue weighted by Crippen LogP contribution is -2.42. The van der Waals surface area contributed by atoms with Crippen LogP contribution in [0, 0.1) is 5.92 Å². The fourth-order valence-corrected chi connectivity index (χ4v) is 5.38. The van der Waals surface area contributed by atoms with Gasteiger partial charge in [0.15, 0.2) is 0 Å². The van der Waals surface area contributed by atoms with Gasteiger partial charge in [-0.15, -0.1) is 0 Å². The lowest BCUT2D eigenvalue weighted by atomic mass is 9.97. The predicted octanol–water partition coefficient (Wildman–Crippen LogP) is 7.07. The van der Waals surface area contributed by atoms with Gasteiger partial charge in [0.25, 0.3) is 0 Å². The first-order valence-electron chi connectivity index (χ1n) is 13.5. The Hall–Kier alpha value is -3.85. The van der Waals surface area contributed by atoms with Crippen molar-refractivity contribution in [3.8, 4) is 22.4 Å². The molecule has 10 heteroatoms. The monoisotopic (exact) mass is 583 g/mol. The van der Waals surface area contributed by atoms with E-state index in [0.29, 0.717) is 60.0 Å². The predicted molar refractivity (Wildman–Crippen MR) is 150 cm³/mol. The first-order valence-corrected chi connectivity index (χ1v) is 13.9. The van der Waals surface area contributed by atoms with Crippen LogP contribution in [-0.4, -0.2) is 45.9 Å². The average molecular weight is 584 g/mol. The smallest absolute Gasteiger partial charge is 0.416 e. The van der Waals surface area contributed by atoms with Crippen LogP contribution in [0.3, 0.4) is 0 Å². The third-order valence-electron chi connectivity index (χ3n) is 7.33. The number of nitrogens with zero attached hydrogens (tertiary/aromatic N) is 3. The van der Waals surface area contributed by atoms with E-state index < -0.39 is 11.7 Å². The van der Waals surface area contributed by atoms with Crippen molar-refractivity contribution < 1.29 is 27.5 Å². The summed E-state index contributed by atoms with van der Waals surface area (Å²) >= 11 is 6.10. The number of fused-ring (bicyclic) bond motifs is 1. The van der Waals surface area contributed by atoms with Crippen molar-refractivity contribution in [3.05, 3.63) is 83.1 Å². The number of piperidine rings is 1. The molecule has 1 aliphatic rings. The number of pyridine rings is 1. The van der Waals surface area contributed by atoms with Crippen LogP contribution in [0.15, 0.2) is 66.9 Å². The van der Waals surface area contributed by atoms with Crippen LogP contribution in [0.25, 0.3) is 28.0 Å². The van der Waals surface area contributed by atoms with Gasteiger partial charge in [-0.2, -0.15) is 13.2 Å². The molecule has 0 unspecified atom stereocenters. The highest BCUT2D eigenvalue weighted by atomic mass is 35.5. The largest absolute Gasteiger partial charge is 0.466 e. The average Bonchev–Trinajstić information content (AvgIpc) is 3.33. The Balaban J connectivity index is 1.47. The van der Waals surface area contributed by atoms with Gasteiger partial charge in [0.05, 0.1) is 29.5 Å². The fourth-order valence-electron chi connectivity index (χ4n) is 5.26. The van der Waals surface area contributed by atoms with Gasteiger partial charge in [-0.3, -0.25) is 9.59 Å². The first-order chi connectivity index (χ1) is 19.6. The second-order valence-corrected chi connectivity index (χ2v) is 10.5. The number of hydrogen-bond donors (Lipinski definition) is 0. The molecule has 1 fully saturated rings. The number of rotatable bonds is 7. The Bertz CT molecular complexity index is 1570. The van der Waals surface area contributed by atoms with Crippen molar-refractivity contribution >= 4 is 29.1 Å². The van der Waals surface area contributed by atoms with Gasteiger partial charge in [0.1, 0.15) is 5.65 Å². The SMILES string of the molecule is CCOC(=O)[C@@H]1CCCN(C(=O)CCc2c(-c3ccc(Cl)cc3)nc3ccc(-c4cccc(C(F)(F)F)c4)cn23)C1. The van der Waals surface area contributed by atoms with Gasteiger partial charge in [-0.1, -0.05) is 35.9 Å². The second-order valence-electron chi connectivity index (χ2n) is 10.1. The maximum atomic E-state index is 13.4. The van der Waals surface area contributed by atoms with Crippen LogP contribution >= 0.6 is 11.6 Å². The zero-order chi connectivity index (χ0) is 29.1. The van der Waals surface area contributed by atoms with E-state index in [2.05, 4.69) is 0 Å². The molecule has 0 bridgehead atoms. The van der Waals surface area contributed by atoms with Crippen LogP contribution in [0.4, 0.5) is 13.2 Å². The summed E-state index contributed by atoms with van der Waals surface area (Å²) in [4.78, 5) is 32.1. The van der Waals surface area contributed by atoms with Crippen molar-refractivity contribution in [2.45, 2.75) is 38.8 Å². The lowest BCUT2D eigenvalue weighted by molar-refractivity contribution is -0.151. The highest BCUT2D eigenvalue weighted by Gasteiger charge is 2.31.